The van der Waals surface area contributed by atoms with Crippen molar-refractivity contribution in [2.75, 3.05) is 19.7 Å². The van der Waals surface area contributed by atoms with E-state index in [-0.39, 0.29) is 11.0 Å². The fourth-order valence-corrected chi connectivity index (χ4v) is 5.03. The van der Waals surface area contributed by atoms with Crippen LogP contribution in [-0.2, 0) is 16.6 Å². The summed E-state index contributed by atoms with van der Waals surface area (Å²) in [7, 11) is 0. The maximum absolute atomic E-state index is 6.33. The average Bonchev–Trinajstić information content (AvgIpc) is 3.16. The summed E-state index contributed by atoms with van der Waals surface area (Å²) in [5.41, 5.74) is 2.80. The average molecular weight is 366 g/mol. The summed E-state index contributed by atoms with van der Waals surface area (Å²) in [4.78, 5) is 8.98. The van der Waals surface area contributed by atoms with E-state index in [4.69, 9.17) is 9.72 Å². The van der Waals surface area contributed by atoms with E-state index >= 15 is 0 Å². The van der Waals surface area contributed by atoms with Gasteiger partial charge in [-0.2, -0.15) is 0 Å². The van der Waals surface area contributed by atoms with E-state index in [1.165, 1.54) is 36.9 Å². The summed E-state index contributed by atoms with van der Waals surface area (Å²) in [5.74, 6) is 0. The molecular weight excluding hydrogens is 334 g/mol. The van der Waals surface area contributed by atoms with Gasteiger partial charge in [0.25, 0.3) is 0 Å². The lowest BCUT2D eigenvalue weighted by molar-refractivity contribution is -0.104. The molecule has 0 amide bonds. The third kappa shape index (κ3) is 4.39. The zero-order chi connectivity index (χ0) is 18.4. The number of hydrogen-bond acceptors (Lipinski definition) is 4. The molecule has 1 saturated heterocycles. The van der Waals surface area contributed by atoms with Crippen LogP contribution in [0.2, 0.25) is 0 Å². The lowest BCUT2D eigenvalue weighted by Gasteiger charge is -2.46. The van der Waals surface area contributed by atoms with Gasteiger partial charge in [-0.3, -0.25) is 9.97 Å². The van der Waals surface area contributed by atoms with E-state index in [0.717, 1.165) is 45.4 Å². The van der Waals surface area contributed by atoms with Crippen molar-refractivity contribution in [1.82, 2.24) is 15.3 Å². The fourth-order valence-electron chi connectivity index (χ4n) is 5.03. The number of rotatable bonds is 7. The molecule has 4 rings (SSSR count). The number of nitrogens with one attached hydrogen (secondary N) is 1. The first-order valence-electron chi connectivity index (χ1n) is 10.5. The highest BCUT2D eigenvalue weighted by molar-refractivity contribution is 5.20. The zero-order valence-corrected chi connectivity index (χ0v) is 16.2. The molecule has 1 N–H and O–H groups in total. The van der Waals surface area contributed by atoms with Gasteiger partial charge in [0.1, 0.15) is 0 Å². The van der Waals surface area contributed by atoms with E-state index in [0.29, 0.717) is 0 Å². The molecule has 4 nitrogen and oxygen atoms in total. The standard InChI is InChI=1S/C23H31N3O/c1-4-14-26-21(7-1)22(12-17-27-23(19-22)9-2-3-10-23)11-16-24-15-8-20-6-5-13-25-18-20/h1,4-7,13-14,18,24H,2-3,8-12,15-17,19H2/t22-/m1/s1. The molecule has 0 unspecified atom stereocenters. The Morgan fingerprint density at radius 1 is 1.00 bits per heavy atom. The summed E-state index contributed by atoms with van der Waals surface area (Å²) in [5, 5.41) is 3.66. The van der Waals surface area contributed by atoms with Crippen LogP contribution in [0.25, 0.3) is 0 Å². The first-order chi connectivity index (χ1) is 13.3. The molecule has 3 heterocycles. The minimum atomic E-state index is 0.103. The second-order valence-electron chi connectivity index (χ2n) is 8.27. The lowest BCUT2D eigenvalue weighted by atomic mass is 9.68. The summed E-state index contributed by atoms with van der Waals surface area (Å²) < 4.78 is 6.33. The number of hydrogen-bond donors (Lipinski definition) is 1. The van der Waals surface area contributed by atoms with Crippen LogP contribution in [0.4, 0.5) is 0 Å². The maximum atomic E-state index is 6.33. The molecular formula is C23H31N3O. The SMILES string of the molecule is c1ccc([C@]2(CCNCCc3cccnc3)CCOC3(CCCC3)C2)nc1. The van der Waals surface area contributed by atoms with Gasteiger partial charge < -0.3 is 10.1 Å². The van der Waals surface area contributed by atoms with Crippen molar-refractivity contribution in [1.29, 1.82) is 0 Å². The maximum Gasteiger partial charge on any atom is 0.0691 e. The van der Waals surface area contributed by atoms with Crippen molar-refractivity contribution < 1.29 is 4.74 Å². The molecule has 0 bridgehead atoms. The van der Waals surface area contributed by atoms with E-state index in [9.17, 15) is 0 Å². The van der Waals surface area contributed by atoms with Gasteiger partial charge in [0, 0.05) is 36.3 Å². The van der Waals surface area contributed by atoms with Crippen LogP contribution in [0.3, 0.4) is 0 Å². The van der Waals surface area contributed by atoms with Crippen molar-refractivity contribution >= 4 is 0 Å². The molecule has 1 saturated carbocycles. The quantitative estimate of drug-likeness (QED) is 0.752. The molecule has 2 aromatic heterocycles. The van der Waals surface area contributed by atoms with Gasteiger partial charge in [-0.1, -0.05) is 25.0 Å². The Kier molecular flexibility index (Phi) is 5.84. The molecule has 144 valence electrons. The first kappa shape index (κ1) is 18.6. The molecule has 0 aromatic carbocycles. The molecule has 4 heteroatoms. The van der Waals surface area contributed by atoms with Crippen LogP contribution in [0.5, 0.6) is 0 Å². The molecule has 27 heavy (non-hydrogen) atoms. The number of ether oxygens (including phenoxy) is 1. The fraction of sp³-hybridized carbons (Fsp3) is 0.565. The van der Waals surface area contributed by atoms with E-state index < -0.39 is 0 Å². The summed E-state index contributed by atoms with van der Waals surface area (Å²) in [6.07, 6.45) is 15.1. The number of aromatic nitrogens is 2. The van der Waals surface area contributed by atoms with E-state index in [2.05, 4.69) is 28.5 Å². The molecule has 0 radical (unpaired) electrons. The Bertz CT molecular complexity index is 700. The van der Waals surface area contributed by atoms with Gasteiger partial charge >= 0.3 is 0 Å². The van der Waals surface area contributed by atoms with Gasteiger partial charge in [-0.15, -0.1) is 0 Å². The number of pyridine rings is 2. The molecule has 2 aromatic rings. The Balaban J connectivity index is 1.40. The van der Waals surface area contributed by atoms with Crippen molar-refractivity contribution in [3.05, 3.63) is 60.2 Å². The largest absolute Gasteiger partial charge is 0.375 e. The monoisotopic (exact) mass is 365 g/mol. The van der Waals surface area contributed by atoms with Crippen LogP contribution in [-0.4, -0.2) is 35.3 Å². The summed E-state index contributed by atoms with van der Waals surface area (Å²) in [6, 6.07) is 10.5. The predicted molar refractivity (Wildman–Crippen MR) is 108 cm³/mol. The smallest absolute Gasteiger partial charge is 0.0691 e. The van der Waals surface area contributed by atoms with Gasteiger partial charge in [0.05, 0.1) is 5.60 Å². The Morgan fingerprint density at radius 2 is 1.93 bits per heavy atom. The summed E-state index contributed by atoms with van der Waals surface area (Å²) in [6.45, 7) is 2.88. The topological polar surface area (TPSA) is 47.0 Å². The molecule has 1 spiro atoms. The second-order valence-corrected chi connectivity index (χ2v) is 8.27. The van der Waals surface area contributed by atoms with E-state index in [1.54, 1.807) is 0 Å². The highest BCUT2D eigenvalue weighted by atomic mass is 16.5. The predicted octanol–water partition coefficient (Wildman–Crippen LogP) is 4.06. The van der Waals surface area contributed by atoms with Crippen LogP contribution in [0.1, 0.15) is 56.2 Å². The minimum Gasteiger partial charge on any atom is -0.375 e. The van der Waals surface area contributed by atoms with Crippen LogP contribution < -0.4 is 5.32 Å². The Labute approximate surface area is 162 Å². The van der Waals surface area contributed by atoms with Crippen LogP contribution >= 0.6 is 0 Å². The normalized spacial score (nSPS) is 24.3. The lowest BCUT2D eigenvalue weighted by Crippen LogP contribution is -2.47. The molecule has 2 fully saturated rings. The van der Waals surface area contributed by atoms with Gasteiger partial charge in [-0.25, -0.2) is 0 Å². The second kappa shape index (κ2) is 8.49. The van der Waals surface area contributed by atoms with Gasteiger partial charge in [0.15, 0.2) is 0 Å². The number of nitrogens with zero attached hydrogens (tertiary/aromatic N) is 2. The zero-order valence-electron chi connectivity index (χ0n) is 16.2. The van der Waals surface area contributed by atoms with Crippen molar-refractivity contribution in [3.63, 3.8) is 0 Å². The van der Waals surface area contributed by atoms with Gasteiger partial charge in [-0.05, 0) is 75.4 Å². The summed E-state index contributed by atoms with van der Waals surface area (Å²) >= 11 is 0. The van der Waals surface area contributed by atoms with Crippen LogP contribution in [0, 0.1) is 0 Å². The van der Waals surface area contributed by atoms with Crippen LogP contribution in [0.15, 0.2) is 48.9 Å². The molecule has 1 atom stereocenters. The van der Waals surface area contributed by atoms with E-state index in [1.807, 2.05) is 30.7 Å². The highest BCUT2D eigenvalue weighted by Crippen LogP contribution is 2.49. The highest BCUT2D eigenvalue weighted by Gasteiger charge is 2.48. The molecule has 1 aliphatic carbocycles. The Morgan fingerprint density at radius 3 is 2.70 bits per heavy atom. The third-order valence-corrected chi connectivity index (χ3v) is 6.47. The van der Waals surface area contributed by atoms with Gasteiger partial charge in [0.2, 0.25) is 0 Å². The minimum absolute atomic E-state index is 0.103. The Hall–Kier alpha value is -1.78. The van der Waals surface area contributed by atoms with Crippen molar-refractivity contribution in [2.45, 2.75) is 62.4 Å². The molecule has 1 aliphatic heterocycles. The van der Waals surface area contributed by atoms with Crippen molar-refractivity contribution in [2.24, 2.45) is 0 Å². The molecule has 2 aliphatic rings. The first-order valence-corrected chi connectivity index (χ1v) is 10.5. The third-order valence-electron chi connectivity index (χ3n) is 6.47. The van der Waals surface area contributed by atoms with Crippen molar-refractivity contribution in [3.8, 4) is 0 Å².